The largest absolute Gasteiger partial charge is 0.398 e. The molecule has 0 amide bonds. The van der Waals surface area contributed by atoms with Gasteiger partial charge in [0, 0.05) is 5.69 Å². The number of nitrogen functional groups attached to an aromatic ring is 1. The highest BCUT2D eigenvalue weighted by Crippen LogP contribution is 2.31. The van der Waals surface area contributed by atoms with E-state index < -0.39 is 0 Å². The number of nitrogens with one attached hydrogen (secondary N) is 1. The Bertz CT molecular complexity index is 294. The maximum absolute atomic E-state index is 6.03. The molecule has 0 unspecified atom stereocenters. The number of benzene rings is 1. The fourth-order valence-corrected chi connectivity index (χ4v) is 2.37. The van der Waals surface area contributed by atoms with Crippen LogP contribution in [-0.2, 0) is 0 Å². The Morgan fingerprint density at radius 1 is 1.29 bits per heavy atom. The summed E-state index contributed by atoms with van der Waals surface area (Å²) >= 11 is 0. The van der Waals surface area contributed by atoms with Gasteiger partial charge >= 0.3 is 0 Å². The summed E-state index contributed by atoms with van der Waals surface area (Å²) in [5, 5.41) is 3.38. The predicted molar refractivity (Wildman–Crippen MR) is 60.4 cm³/mol. The van der Waals surface area contributed by atoms with Gasteiger partial charge in [-0.3, -0.25) is 0 Å². The highest BCUT2D eigenvalue weighted by Gasteiger charge is 2.18. The van der Waals surface area contributed by atoms with Crippen LogP contribution in [0, 0.1) is 6.92 Å². The third kappa shape index (κ3) is 1.75. The number of aryl methyl sites for hydroxylation is 1. The monoisotopic (exact) mass is 190 g/mol. The summed E-state index contributed by atoms with van der Waals surface area (Å²) in [5.74, 6) is 0.664. The molecule has 1 heterocycles. The van der Waals surface area contributed by atoms with Crippen LogP contribution in [-0.4, -0.2) is 13.1 Å². The molecule has 0 bridgehead atoms. The highest BCUT2D eigenvalue weighted by atomic mass is 14.9. The second-order valence-corrected chi connectivity index (χ2v) is 4.10. The van der Waals surface area contributed by atoms with Gasteiger partial charge in [0.15, 0.2) is 0 Å². The molecule has 0 spiro atoms. The van der Waals surface area contributed by atoms with Crippen molar-refractivity contribution in [3.05, 3.63) is 29.3 Å². The molecule has 0 atom stereocenters. The van der Waals surface area contributed by atoms with Gasteiger partial charge in [-0.2, -0.15) is 0 Å². The number of hydrogen-bond acceptors (Lipinski definition) is 2. The Morgan fingerprint density at radius 3 is 2.64 bits per heavy atom. The standard InChI is InChI=1S/C12H18N2/c1-9-3-2-4-11(13)12(9)10-5-7-14-8-6-10/h2-4,10,14H,5-8,13H2,1H3. The lowest BCUT2D eigenvalue weighted by Gasteiger charge is -2.25. The number of hydrogen-bond donors (Lipinski definition) is 2. The second-order valence-electron chi connectivity index (χ2n) is 4.10. The molecule has 1 aliphatic heterocycles. The van der Waals surface area contributed by atoms with Gasteiger partial charge in [-0.05, 0) is 56.0 Å². The molecule has 2 nitrogen and oxygen atoms in total. The molecule has 76 valence electrons. The average molecular weight is 190 g/mol. The van der Waals surface area contributed by atoms with Crippen molar-refractivity contribution in [2.45, 2.75) is 25.7 Å². The topological polar surface area (TPSA) is 38.0 Å². The zero-order valence-corrected chi connectivity index (χ0v) is 8.72. The van der Waals surface area contributed by atoms with Gasteiger partial charge in [0.2, 0.25) is 0 Å². The number of anilines is 1. The van der Waals surface area contributed by atoms with E-state index in [-0.39, 0.29) is 0 Å². The van der Waals surface area contributed by atoms with Gasteiger partial charge in [-0.15, -0.1) is 0 Å². The Kier molecular flexibility index (Phi) is 2.73. The third-order valence-corrected chi connectivity index (χ3v) is 3.11. The van der Waals surface area contributed by atoms with Crippen LogP contribution in [0.3, 0.4) is 0 Å². The lowest BCUT2D eigenvalue weighted by Crippen LogP contribution is -2.27. The van der Waals surface area contributed by atoms with Crippen LogP contribution in [0.2, 0.25) is 0 Å². The minimum Gasteiger partial charge on any atom is -0.398 e. The van der Waals surface area contributed by atoms with Gasteiger partial charge in [-0.1, -0.05) is 12.1 Å². The van der Waals surface area contributed by atoms with E-state index in [2.05, 4.69) is 18.3 Å². The molecule has 1 aromatic rings. The summed E-state index contributed by atoms with van der Waals surface area (Å²) in [6.07, 6.45) is 2.43. The Labute approximate surface area is 85.5 Å². The van der Waals surface area contributed by atoms with Gasteiger partial charge in [0.05, 0.1) is 0 Å². The number of nitrogens with two attached hydrogens (primary N) is 1. The second kappa shape index (κ2) is 4.01. The fourth-order valence-electron chi connectivity index (χ4n) is 2.37. The van der Waals surface area contributed by atoms with Crippen molar-refractivity contribution >= 4 is 5.69 Å². The smallest absolute Gasteiger partial charge is 0.0352 e. The van der Waals surface area contributed by atoms with Crippen LogP contribution in [0.5, 0.6) is 0 Å². The SMILES string of the molecule is Cc1cccc(N)c1C1CCNCC1. The molecule has 0 radical (unpaired) electrons. The molecule has 1 aromatic carbocycles. The summed E-state index contributed by atoms with van der Waals surface area (Å²) in [6, 6.07) is 6.22. The van der Waals surface area contributed by atoms with Gasteiger partial charge in [0.1, 0.15) is 0 Å². The maximum atomic E-state index is 6.03. The van der Waals surface area contributed by atoms with Crippen molar-refractivity contribution in [3.63, 3.8) is 0 Å². The Balaban J connectivity index is 2.29. The molecule has 0 aliphatic carbocycles. The highest BCUT2D eigenvalue weighted by molar-refractivity contribution is 5.52. The Morgan fingerprint density at radius 2 is 2.00 bits per heavy atom. The van der Waals surface area contributed by atoms with Crippen LogP contribution in [0.1, 0.15) is 29.9 Å². The molecule has 0 saturated carbocycles. The van der Waals surface area contributed by atoms with E-state index in [0.717, 1.165) is 18.8 Å². The molecule has 3 N–H and O–H groups in total. The molecule has 1 aliphatic rings. The van der Waals surface area contributed by atoms with Crippen LogP contribution < -0.4 is 11.1 Å². The molecule has 1 saturated heterocycles. The fraction of sp³-hybridized carbons (Fsp3) is 0.500. The average Bonchev–Trinajstić information content (AvgIpc) is 2.19. The normalized spacial score (nSPS) is 18.4. The van der Waals surface area contributed by atoms with E-state index in [1.54, 1.807) is 0 Å². The molecular weight excluding hydrogens is 172 g/mol. The van der Waals surface area contributed by atoms with E-state index in [1.807, 2.05) is 12.1 Å². The van der Waals surface area contributed by atoms with E-state index >= 15 is 0 Å². The number of rotatable bonds is 1. The third-order valence-electron chi connectivity index (χ3n) is 3.11. The van der Waals surface area contributed by atoms with E-state index in [9.17, 15) is 0 Å². The lowest BCUT2D eigenvalue weighted by molar-refractivity contribution is 0.460. The quantitative estimate of drug-likeness (QED) is 0.665. The summed E-state index contributed by atoms with van der Waals surface area (Å²) in [6.45, 7) is 4.41. The molecule has 1 fully saturated rings. The van der Waals surface area contributed by atoms with Crippen molar-refractivity contribution in [1.82, 2.24) is 5.32 Å². The lowest BCUT2D eigenvalue weighted by atomic mass is 9.86. The van der Waals surface area contributed by atoms with E-state index in [4.69, 9.17) is 5.73 Å². The van der Waals surface area contributed by atoms with Crippen LogP contribution in [0.4, 0.5) is 5.69 Å². The zero-order valence-electron chi connectivity index (χ0n) is 8.72. The van der Waals surface area contributed by atoms with Crippen molar-refractivity contribution in [3.8, 4) is 0 Å². The first-order valence-electron chi connectivity index (χ1n) is 5.34. The molecular formula is C12H18N2. The summed E-state index contributed by atoms with van der Waals surface area (Å²) in [7, 11) is 0. The summed E-state index contributed by atoms with van der Waals surface area (Å²) < 4.78 is 0. The van der Waals surface area contributed by atoms with Gasteiger partial charge in [0.25, 0.3) is 0 Å². The van der Waals surface area contributed by atoms with Crippen molar-refractivity contribution < 1.29 is 0 Å². The van der Waals surface area contributed by atoms with Crippen molar-refractivity contribution in [2.75, 3.05) is 18.8 Å². The first kappa shape index (κ1) is 9.53. The maximum Gasteiger partial charge on any atom is 0.0352 e. The zero-order chi connectivity index (χ0) is 9.97. The minimum atomic E-state index is 0.664. The van der Waals surface area contributed by atoms with Crippen molar-refractivity contribution in [1.29, 1.82) is 0 Å². The first-order valence-corrected chi connectivity index (χ1v) is 5.34. The molecule has 2 heteroatoms. The van der Waals surface area contributed by atoms with Gasteiger partial charge in [-0.25, -0.2) is 0 Å². The van der Waals surface area contributed by atoms with E-state index in [0.29, 0.717) is 5.92 Å². The van der Waals surface area contributed by atoms with Gasteiger partial charge < -0.3 is 11.1 Å². The first-order chi connectivity index (χ1) is 6.79. The van der Waals surface area contributed by atoms with Crippen LogP contribution >= 0.6 is 0 Å². The summed E-state index contributed by atoms with van der Waals surface area (Å²) in [4.78, 5) is 0. The molecule has 2 rings (SSSR count). The predicted octanol–water partition coefficient (Wildman–Crippen LogP) is 2.04. The van der Waals surface area contributed by atoms with E-state index in [1.165, 1.54) is 24.0 Å². The minimum absolute atomic E-state index is 0.664. The van der Waals surface area contributed by atoms with Crippen LogP contribution in [0.15, 0.2) is 18.2 Å². The molecule has 0 aromatic heterocycles. The Hall–Kier alpha value is -1.02. The summed E-state index contributed by atoms with van der Waals surface area (Å²) in [5.41, 5.74) is 9.73. The van der Waals surface area contributed by atoms with Crippen molar-refractivity contribution in [2.24, 2.45) is 0 Å². The number of piperidine rings is 1. The molecule has 14 heavy (non-hydrogen) atoms. The van der Waals surface area contributed by atoms with Crippen LogP contribution in [0.25, 0.3) is 0 Å².